The van der Waals surface area contributed by atoms with Gasteiger partial charge in [0.1, 0.15) is 0 Å². The summed E-state index contributed by atoms with van der Waals surface area (Å²) in [6, 6.07) is 82.7. The van der Waals surface area contributed by atoms with Crippen LogP contribution in [0.5, 0.6) is 0 Å². The summed E-state index contributed by atoms with van der Waals surface area (Å²) in [4.78, 5) is 4.72. The van der Waals surface area contributed by atoms with Crippen LogP contribution >= 0.6 is 0 Å². The molecule has 0 aliphatic rings. The Bertz CT molecular complexity index is 2980. The molecule has 10 aromatic rings. The minimum absolute atomic E-state index is 1.11. The third kappa shape index (κ3) is 6.78. The first-order valence-electron chi connectivity index (χ1n) is 19.8. The molecule has 0 heterocycles. The number of anilines is 6. The number of nitrogens with zero attached hydrogens (tertiary/aromatic N) is 2. The van der Waals surface area contributed by atoms with Crippen molar-refractivity contribution in [3.05, 3.63) is 242 Å². The van der Waals surface area contributed by atoms with Gasteiger partial charge >= 0.3 is 0 Å². The van der Waals surface area contributed by atoms with Crippen LogP contribution in [0.15, 0.2) is 231 Å². The second-order valence-corrected chi connectivity index (χ2v) is 14.6. The maximum Gasteiger partial charge on any atom is 0.0546 e. The van der Waals surface area contributed by atoms with Gasteiger partial charge in [-0.2, -0.15) is 0 Å². The molecule has 0 amide bonds. The molecule has 0 aliphatic heterocycles. The van der Waals surface area contributed by atoms with Gasteiger partial charge in [-0.3, -0.25) is 0 Å². The highest BCUT2D eigenvalue weighted by atomic mass is 15.1. The zero-order valence-corrected chi connectivity index (χ0v) is 32.0. The highest BCUT2D eigenvalue weighted by Gasteiger charge is 2.19. The van der Waals surface area contributed by atoms with Gasteiger partial charge in [0, 0.05) is 33.5 Å². The molecule has 0 spiro atoms. The molecular weight excluding hydrogens is 701 g/mol. The Morgan fingerprint density at radius 3 is 1.33 bits per heavy atom. The second-order valence-electron chi connectivity index (χ2n) is 14.6. The summed E-state index contributed by atoms with van der Waals surface area (Å²) in [5, 5.41) is 7.39. The summed E-state index contributed by atoms with van der Waals surface area (Å²) in [7, 11) is 0. The maximum absolute atomic E-state index is 2.43. The molecule has 0 unspecified atom stereocenters. The van der Waals surface area contributed by atoms with E-state index >= 15 is 0 Å². The van der Waals surface area contributed by atoms with E-state index in [1.807, 2.05) is 0 Å². The predicted molar refractivity (Wildman–Crippen MR) is 249 cm³/mol. The van der Waals surface area contributed by atoms with Gasteiger partial charge in [0.05, 0.1) is 11.4 Å². The number of fused-ring (bicyclic) bond motifs is 4. The molecule has 274 valence electrons. The fourth-order valence-electron chi connectivity index (χ4n) is 8.15. The zero-order valence-electron chi connectivity index (χ0n) is 32.0. The average molecular weight is 741 g/mol. The largest absolute Gasteiger partial charge is 0.311 e. The molecule has 10 aromatic carbocycles. The van der Waals surface area contributed by atoms with Crippen LogP contribution in [0, 0.1) is 0 Å². The zero-order chi connectivity index (χ0) is 38.7. The molecule has 0 aromatic heterocycles. The number of rotatable bonds is 9. The third-order valence-corrected chi connectivity index (χ3v) is 11.0. The lowest BCUT2D eigenvalue weighted by atomic mass is 9.98. The van der Waals surface area contributed by atoms with E-state index in [1.54, 1.807) is 0 Å². The number of hydrogen-bond acceptors (Lipinski definition) is 2. The normalized spacial score (nSPS) is 11.4. The van der Waals surface area contributed by atoms with Crippen LogP contribution in [0.4, 0.5) is 34.1 Å². The van der Waals surface area contributed by atoms with Crippen molar-refractivity contribution in [1.29, 1.82) is 0 Å². The molecule has 0 fully saturated rings. The topological polar surface area (TPSA) is 6.48 Å². The summed E-state index contributed by atoms with van der Waals surface area (Å²) < 4.78 is 0. The third-order valence-electron chi connectivity index (χ3n) is 11.0. The summed E-state index contributed by atoms with van der Waals surface area (Å²) in [6.07, 6.45) is 4.37. The van der Waals surface area contributed by atoms with Crippen LogP contribution in [0.1, 0.15) is 11.1 Å². The van der Waals surface area contributed by atoms with E-state index in [2.05, 4.69) is 252 Å². The molecule has 0 bridgehead atoms. The molecule has 2 heteroatoms. The smallest absolute Gasteiger partial charge is 0.0546 e. The van der Waals surface area contributed by atoms with Crippen LogP contribution in [0.25, 0.3) is 55.6 Å². The van der Waals surface area contributed by atoms with E-state index in [4.69, 9.17) is 0 Å². The molecular formula is C56H40N2. The summed E-state index contributed by atoms with van der Waals surface area (Å²) in [5.41, 5.74) is 11.5. The fourth-order valence-corrected chi connectivity index (χ4v) is 8.15. The van der Waals surface area contributed by atoms with E-state index in [9.17, 15) is 0 Å². The number of para-hydroxylation sites is 2. The van der Waals surface area contributed by atoms with Crippen molar-refractivity contribution in [2.45, 2.75) is 0 Å². The van der Waals surface area contributed by atoms with Crippen LogP contribution in [0.3, 0.4) is 0 Å². The molecule has 0 atom stereocenters. The van der Waals surface area contributed by atoms with Crippen molar-refractivity contribution in [2.24, 2.45) is 0 Å². The number of benzene rings is 10. The fraction of sp³-hybridized carbons (Fsp3) is 0. The Morgan fingerprint density at radius 1 is 0.259 bits per heavy atom. The first kappa shape index (κ1) is 34.8. The van der Waals surface area contributed by atoms with Gasteiger partial charge in [-0.05, 0) is 104 Å². The number of hydrogen-bond donors (Lipinski definition) is 0. The predicted octanol–water partition coefficient (Wildman–Crippen LogP) is 15.9. The quantitative estimate of drug-likeness (QED) is 0.107. The maximum atomic E-state index is 2.43. The van der Waals surface area contributed by atoms with E-state index < -0.39 is 0 Å². The van der Waals surface area contributed by atoms with Crippen molar-refractivity contribution < 1.29 is 0 Å². The minimum atomic E-state index is 1.11. The van der Waals surface area contributed by atoms with Gasteiger partial charge in [-0.15, -0.1) is 0 Å². The van der Waals surface area contributed by atoms with Gasteiger partial charge in [0.25, 0.3) is 0 Å². The van der Waals surface area contributed by atoms with E-state index in [0.29, 0.717) is 0 Å². The SMILES string of the molecule is C(=Cc1ccc(N(c2ccccc2)c2ccccc2)cc1)c1ccc(-c2ccc(N(c3cccc4ccccc34)c3cc4ccccc4c4ccccc34)cc2)cc1. The van der Waals surface area contributed by atoms with E-state index in [1.165, 1.54) is 43.4 Å². The highest BCUT2D eigenvalue weighted by Crippen LogP contribution is 2.44. The van der Waals surface area contributed by atoms with E-state index in [0.717, 1.165) is 45.3 Å². The summed E-state index contributed by atoms with van der Waals surface area (Å²) in [5.74, 6) is 0. The second kappa shape index (κ2) is 15.5. The molecule has 0 saturated heterocycles. The molecule has 0 saturated carbocycles. The molecule has 2 nitrogen and oxygen atoms in total. The first-order chi connectivity index (χ1) is 28.8. The van der Waals surface area contributed by atoms with Gasteiger partial charge in [-0.25, -0.2) is 0 Å². The van der Waals surface area contributed by atoms with Crippen molar-refractivity contribution in [2.75, 3.05) is 9.80 Å². The monoisotopic (exact) mass is 740 g/mol. The van der Waals surface area contributed by atoms with Gasteiger partial charge < -0.3 is 9.80 Å². The summed E-state index contributed by atoms with van der Waals surface area (Å²) >= 11 is 0. The van der Waals surface area contributed by atoms with Crippen LogP contribution in [-0.4, -0.2) is 0 Å². The lowest BCUT2D eigenvalue weighted by Crippen LogP contribution is -2.11. The Hall–Kier alpha value is -7.68. The molecule has 0 N–H and O–H groups in total. The van der Waals surface area contributed by atoms with Gasteiger partial charge in [0.15, 0.2) is 0 Å². The van der Waals surface area contributed by atoms with Crippen LogP contribution in [-0.2, 0) is 0 Å². The Labute approximate surface area is 339 Å². The standard InChI is InChI=1S/C56H40N2/c1-3-17-47(18-4-1)57(48-19-5-2-6-20-48)49-36-30-42(31-37-49)27-26-41-28-32-43(33-29-41)44-34-38-50(39-35-44)58(55-25-13-16-45-14-7-10-22-52(45)55)56-40-46-15-8-9-21-51(46)53-23-11-12-24-54(53)56/h1-40H. The van der Waals surface area contributed by atoms with Crippen molar-refractivity contribution in [3.63, 3.8) is 0 Å². The molecule has 58 heavy (non-hydrogen) atoms. The average Bonchev–Trinajstić information content (AvgIpc) is 3.30. The van der Waals surface area contributed by atoms with Gasteiger partial charge in [-0.1, -0.05) is 182 Å². The lowest BCUT2D eigenvalue weighted by Gasteiger charge is -2.29. The Balaban J connectivity index is 0.938. The van der Waals surface area contributed by atoms with Gasteiger partial charge in [0.2, 0.25) is 0 Å². The lowest BCUT2D eigenvalue weighted by molar-refractivity contribution is 1.28. The van der Waals surface area contributed by atoms with Crippen molar-refractivity contribution >= 4 is 78.6 Å². The Morgan fingerprint density at radius 2 is 0.690 bits per heavy atom. The molecule has 10 rings (SSSR count). The Kier molecular flexibility index (Phi) is 9.27. The first-order valence-corrected chi connectivity index (χ1v) is 19.8. The van der Waals surface area contributed by atoms with Crippen LogP contribution in [0.2, 0.25) is 0 Å². The summed E-state index contributed by atoms with van der Waals surface area (Å²) in [6.45, 7) is 0. The van der Waals surface area contributed by atoms with Crippen molar-refractivity contribution in [1.82, 2.24) is 0 Å². The minimum Gasteiger partial charge on any atom is -0.311 e. The molecule has 0 aliphatic carbocycles. The van der Waals surface area contributed by atoms with Crippen molar-refractivity contribution in [3.8, 4) is 11.1 Å². The molecule has 0 radical (unpaired) electrons. The van der Waals surface area contributed by atoms with Crippen LogP contribution < -0.4 is 9.80 Å². The highest BCUT2D eigenvalue weighted by molar-refractivity contribution is 6.15. The van der Waals surface area contributed by atoms with E-state index in [-0.39, 0.29) is 0 Å².